The SMILES string of the molecule is COc1ccnc(C(=O)N[C@@H](C)C(=O)O[C@@H](C)[C@H](Cc2ccc(Cl)c(Cl)c2)c2ccccc2)c1OC(=O)C(C)C. The molecule has 1 aromatic heterocycles. The van der Waals surface area contributed by atoms with Crippen LogP contribution in [0.1, 0.15) is 55.2 Å². The molecule has 1 heterocycles. The number of hydrogen-bond donors (Lipinski definition) is 1. The van der Waals surface area contributed by atoms with Crippen molar-refractivity contribution < 1.29 is 28.6 Å². The second kappa shape index (κ2) is 14.1. The van der Waals surface area contributed by atoms with E-state index in [2.05, 4.69) is 10.3 Å². The van der Waals surface area contributed by atoms with Crippen LogP contribution < -0.4 is 14.8 Å². The van der Waals surface area contributed by atoms with Gasteiger partial charge in [0.25, 0.3) is 5.91 Å². The van der Waals surface area contributed by atoms with E-state index in [4.69, 9.17) is 37.4 Å². The van der Waals surface area contributed by atoms with Crippen LogP contribution in [0.4, 0.5) is 0 Å². The zero-order valence-electron chi connectivity index (χ0n) is 22.9. The van der Waals surface area contributed by atoms with Gasteiger partial charge in [0.2, 0.25) is 5.75 Å². The van der Waals surface area contributed by atoms with Gasteiger partial charge in [0.15, 0.2) is 11.4 Å². The number of carbonyl (C=O) groups excluding carboxylic acids is 3. The summed E-state index contributed by atoms with van der Waals surface area (Å²) in [6.07, 6.45) is 1.33. The minimum Gasteiger partial charge on any atom is -0.493 e. The largest absolute Gasteiger partial charge is 0.493 e. The zero-order valence-corrected chi connectivity index (χ0v) is 24.5. The van der Waals surface area contributed by atoms with E-state index in [0.717, 1.165) is 11.1 Å². The molecule has 0 spiro atoms. The van der Waals surface area contributed by atoms with Crippen LogP contribution >= 0.6 is 23.2 Å². The molecule has 3 aromatic rings. The highest BCUT2D eigenvalue weighted by Gasteiger charge is 2.29. The van der Waals surface area contributed by atoms with Gasteiger partial charge >= 0.3 is 11.9 Å². The standard InChI is InChI=1S/C30H32Cl2N2O6/c1-17(2)29(36)40-27-25(38-5)13-14-33-26(27)28(35)34-18(3)30(37)39-19(4)22(21-9-7-6-8-10-21)15-20-11-12-23(31)24(32)16-20/h6-14,16-19,22H,15H2,1-5H3,(H,34,35)/t18-,19-,22-/m0/s1. The fraction of sp³-hybridized carbons (Fsp3) is 0.333. The Labute approximate surface area is 243 Å². The maximum Gasteiger partial charge on any atom is 0.328 e. The summed E-state index contributed by atoms with van der Waals surface area (Å²) in [6.45, 7) is 6.63. The molecule has 0 saturated heterocycles. The quantitative estimate of drug-likeness (QED) is 0.273. The fourth-order valence-electron chi connectivity index (χ4n) is 3.94. The van der Waals surface area contributed by atoms with Crippen LogP contribution in [0.3, 0.4) is 0 Å². The molecule has 0 radical (unpaired) electrons. The lowest BCUT2D eigenvalue weighted by atomic mass is 9.88. The van der Waals surface area contributed by atoms with Crippen molar-refractivity contribution in [2.45, 2.75) is 52.2 Å². The number of halogens is 2. The molecule has 10 heteroatoms. The van der Waals surface area contributed by atoms with Crippen molar-refractivity contribution in [1.29, 1.82) is 0 Å². The maximum absolute atomic E-state index is 13.1. The maximum atomic E-state index is 13.1. The topological polar surface area (TPSA) is 104 Å². The van der Waals surface area contributed by atoms with Crippen molar-refractivity contribution in [3.63, 3.8) is 0 Å². The van der Waals surface area contributed by atoms with Gasteiger partial charge in [-0.15, -0.1) is 0 Å². The van der Waals surface area contributed by atoms with Crippen molar-refractivity contribution >= 4 is 41.0 Å². The number of hydrogen-bond acceptors (Lipinski definition) is 7. The number of methoxy groups -OCH3 is 1. The monoisotopic (exact) mass is 586 g/mol. The van der Waals surface area contributed by atoms with E-state index in [0.29, 0.717) is 16.5 Å². The van der Waals surface area contributed by atoms with Crippen molar-refractivity contribution in [2.24, 2.45) is 5.92 Å². The number of amides is 1. The normalized spacial score (nSPS) is 13.2. The highest BCUT2D eigenvalue weighted by atomic mass is 35.5. The number of nitrogens with one attached hydrogen (secondary N) is 1. The molecule has 3 rings (SSSR count). The molecule has 2 aromatic carbocycles. The third-order valence-electron chi connectivity index (χ3n) is 6.21. The minimum atomic E-state index is -1.03. The van der Waals surface area contributed by atoms with Crippen molar-refractivity contribution in [3.8, 4) is 11.5 Å². The third kappa shape index (κ3) is 7.96. The van der Waals surface area contributed by atoms with Crippen molar-refractivity contribution in [3.05, 3.63) is 87.7 Å². The van der Waals surface area contributed by atoms with Gasteiger partial charge in [0, 0.05) is 18.2 Å². The van der Waals surface area contributed by atoms with Gasteiger partial charge in [-0.1, -0.05) is 73.4 Å². The number of carbonyl (C=O) groups is 3. The van der Waals surface area contributed by atoms with E-state index in [9.17, 15) is 14.4 Å². The highest BCUT2D eigenvalue weighted by Crippen LogP contribution is 2.31. The second-order valence-electron chi connectivity index (χ2n) is 9.57. The van der Waals surface area contributed by atoms with E-state index >= 15 is 0 Å². The first-order chi connectivity index (χ1) is 19.0. The molecule has 0 fully saturated rings. The van der Waals surface area contributed by atoms with Gasteiger partial charge in [-0.25, -0.2) is 9.78 Å². The number of aromatic nitrogens is 1. The Morgan fingerprint density at radius 2 is 1.62 bits per heavy atom. The molecule has 0 aliphatic carbocycles. The number of nitrogens with zero attached hydrogens (tertiary/aromatic N) is 1. The first-order valence-electron chi connectivity index (χ1n) is 12.8. The predicted molar refractivity (Wildman–Crippen MR) is 153 cm³/mol. The molecule has 0 aliphatic heterocycles. The van der Waals surface area contributed by atoms with Crippen LogP contribution in [0.5, 0.6) is 11.5 Å². The molecule has 0 saturated carbocycles. The van der Waals surface area contributed by atoms with Gasteiger partial charge in [-0.3, -0.25) is 9.59 Å². The summed E-state index contributed by atoms with van der Waals surface area (Å²) in [7, 11) is 1.38. The lowest BCUT2D eigenvalue weighted by Crippen LogP contribution is -2.42. The van der Waals surface area contributed by atoms with Gasteiger partial charge in [-0.05, 0) is 43.5 Å². The van der Waals surface area contributed by atoms with Gasteiger partial charge in [-0.2, -0.15) is 0 Å². The molecule has 0 aliphatic rings. The fourth-order valence-corrected chi connectivity index (χ4v) is 4.26. The molecule has 0 bridgehead atoms. The van der Waals surface area contributed by atoms with Crippen LogP contribution in [0.15, 0.2) is 60.8 Å². The Balaban J connectivity index is 1.76. The van der Waals surface area contributed by atoms with Crippen molar-refractivity contribution in [1.82, 2.24) is 10.3 Å². The van der Waals surface area contributed by atoms with Crippen molar-refractivity contribution in [2.75, 3.05) is 7.11 Å². The Hall–Kier alpha value is -3.62. The van der Waals surface area contributed by atoms with E-state index in [1.54, 1.807) is 32.9 Å². The van der Waals surface area contributed by atoms with Crippen LogP contribution in [-0.4, -0.2) is 42.1 Å². The number of pyridine rings is 1. The first kappa shape index (κ1) is 30.9. The Bertz CT molecular complexity index is 1350. The first-order valence-corrected chi connectivity index (χ1v) is 13.5. The van der Waals surface area contributed by atoms with E-state index in [1.807, 2.05) is 36.4 Å². The van der Waals surface area contributed by atoms with Crippen LogP contribution in [0.25, 0.3) is 0 Å². The highest BCUT2D eigenvalue weighted by molar-refractivity contribution is 6.42. The summed E-state index contributed by atoms with van der Waals surface area (Å²) in [5.74, 6) is -2.54. The Morgan fingerprint density at radius 1 is 0.925 bits per heavy atom. The number of esters is 2. The third-order valence-corrected chi connectivity index (χ3v) is 6.95. The summed E-state index contributed by atoms with van der Waals surface area (Å²) in [5, 5.41) is 3.48. The zero-order chi connectivity index (χ0) is 29.4. The summed E-state index contributed by atoms with van der Waals surface area (Å²) >= 11 is 12.3. The molecular formula is C30H32Cl2N2O6. The van der Waals surface area contributed by atoms with E-state index in [-0.39, 0.29) is 23.1 Å². The predicted octanol–water partition coefficient (Wildman–Crippen LogP) is 6.03. The van der Waals surface area contributed by atoms with Crippen LogP contribution in [0, 0.1) is 5.92 Å². The molecule has 0 unspecified atom stereocenters. The number of ether oxygens (including phenoxy) is 3. The van der Waals surface area contributed by atoms with Gasteiger partial charge in [0.05, 0.1) is 23.1 Å². The summed E-state index contributed by atoms with van der Waals surface area (Å²) in [4.78, 5) is 42.5. The lowest BCUT2D eigenvalue weighted by molar-refractivity contribution is -0.151. The molecule has 3 atom stereocenters. The average molecular weight is 588 g/mol. The molecule has 212 valence electrons. The smallest absolute Gasteiger partial charge is 0.328 e. The van der Waals surface area contributed by atoms with Gasteiger partial charge in [0.1, 0.15) is 12.1 Å². The number of rotatable bonds is 11. The average Bonchev–Trinajstić information content (AvgIpc) is 2.93. The molecule has 1 amide bonds. The second-order valence-corrected chi connectivity index (χ2v) is 10.4. The van der Waals surface area contributed by atoms with E-state index in [1.165, 1.54) is 26.3 Å². The summed E-state index contributed by atoms with van der Waals surface area (Å²) in [5.41, 5.74) is 1.71. The molecule has 40 heavy (non-hydrogen) atoms. The van der Waals surface area contributed by atoms with Crippen LogP contribution in [0.2, 0.25) is 10.0 Å². The number of benzene rings is 2. The molecule has 8 nitrogen and oxygen atoms in total. The Morgan fingerprint density at radius 3 is 2.25 bits per heavy atom. The van der Waals surface area contributed by atoms with Crippen LogP contribution in [-0.2, 0) is 20.7 Å². The molecular weight excluding hydrogens is 555 g/mol. The lowest BCUT2D eigenvalue weighted by Gasteiger charge is -2.26. The molecule has 1 N–H and O–H groups in total. The minimum absolute atomic E-state index is 0.124. The summed E-state index contributed by atoms with van der Waals surface area (Å²) in [6, 6.07) is 15.5. The summed E-state index contributed by atoms with van der Waals surface area (Å²) < 4.78 is 16.5. The Kier molecular flexibility index (Phi) is 10.9. The van der Waals surface area contributed by atoms with E-state index < -0.39 is 35.9 Å². The van der Waals surface area contributed by atoms with Gasteiger partial charge < -0.3 is 19.5 Å².